The first kappa shape index (κ1) is 23.8. The molecule has 0 saturated heterocycles. The molecule has 0 amide bonds. The molecule has 4 atom stereocenters. The summed E-state index contributed by atoms with van der Waals surface area (Å²) in [5, 5.41) is 13.4. The lowest BCUT2D eigenvalue weighted by Gasteiger charge is -2.19. The normalized spacial score (nSPS) is 27.4. The van der Waals surface area contributed by atoms with Gasteiger partial charge in [-0.25, -0.2) is 8.42 Å². The highest BCUT2D eigenvalue weighted by Crippen LogP contribution is 2.58. The average Bonchev–Trinajstić information content (AvgIpc) is 3.17. The molecule has 1 aliphatic carbocycles. The molecule has 0 radical (unpaired) electrons. The second-order valence-electron chi connectivity index (χ2n) is 7.70. The maximum atomic E-state index is 13.2. The molecule has 2 heterocycles. The molecule has 8 nitrogen and oxygen atoms in total. The van der Waals surface area contributed by atoms with Gasteiger partial charge < -0.3 is 14.4 Å². The Morgan fingerprint density at radius 3 is 2.64 bits per heavy atom. The molecule has 1 aromatic carbocycles. The first-order valence-corrected chi connectivity index (χ1v) is 12.1. The number of carboxylic acids is 1. The molecule has 13 heteroatoms. The van der Waals surface area contributed by atoms with Crippen LogP contribution in [0.1, 0.15) is 29.4 Å². The summed E-state index contributed by atoms with van der Waals surface area (Å²) < 4.78 is 75.3. The van der Waals surface area contributed by atoms with E-state index in [9.17, 15) is 31.5 Å². The first-order chi connectivity index (χ1) is 15.5. The number of alkyl halides is 3. The van der Waals surface area contributed by atoms with Gasteiger partial charge in [0.1, 0.15) is 15.8 Å². The minimum absolute atomic E-state index is 0.0227. The van der Waals surface area contributed by atoms with Crippen molar-refractivity contribution in [2.45, 2.75) is 28.6 Å². The highest BCUT2D eigenvalue weighted by atomic mass is 32.3. The first-order valence-electron chi connectivity index (χ1n) is 9.72. The number of sulfonamides is 1. The van der Waals surface area contributed by atoms with E-state index in [0.717, 1.165) is 11.8 Å². The molecule has 2 N–H and O–H groups in total. The predicted molar refractivity (Wildman–Crippen MR) is 112 cm³/mol. The Hall–Kier alpha value is -2.35. The van der Waals surface area contributed by atoms with Gasteiger partial charge in [0.15, 0.2) is 0 Å². The summed E-state index contributed by atoms with van der Waals surface area (Å²) >= 11 is 0.783. The van der Waals surface area contributed by atoms with E-state index < -0.39 is 49.9 Å². The minimum Gasteiger partial charge on any atom is -0.480 e. The van der Waals surface area contributed by atoms with Gasteiger partial charge in [-0.3, -0.25) is 4.79 Å². The Morgan fingerprint density at radius 1 is 1.36 bits per heavy atom. The molecule has 1 aromatic heterocycles. The Labute approximate surface area is 191 Å². The van der Waals surface area contributed by atoms with E-state index in [1.807, 2.05) is 0 Å². The molecular weight excluding hydrogens is 485 g/mol. The molecule has 2 aromatic rings. The zero-order chi connectivity index (χ0) is 24.0. The van der Waals surface area contributed by atoms with Crippen LogP contribution in [0.2, 0.25) is 0 Å². The molecule has 178 valence electrons. The monoisotopic (exact) mass is 504 g/mol. The third-order valence-electron chi connectivity index (χ3n) is 5.68. The van der Waals surface area contributed by atoms with E-state index in [1.165, 1.54) is 13.2 Å². The van der Waals surface area contributed by atoms with Crippen molar-refractivity contribution in [3.8, 4) is 0 Å². The third kappa shape index (κ3) is 4.29. The summed E-state index contributed by atoms with van der Waals surface area (Å²) in [6.07, 6.45) is -3.32. The highest BCUT2D eigenvalue weighted by Gasteiger charge is 2.72. The van der Waals surface area contributed by atoms with Crippen LogP contribution in [0.4, 0.5) is 13.2 Å². The summed E-state index contributed by atoms with van der Waals surface area (Å²) in [5.74, 6) is -3.90. The van der Waals surface area contributed by atoms with Gasteiger partial charge in [0, 0.05) is 29.9 Å². The molecule has 1 aliphatic heterocycles. The van der Waals surface area contributed by atoms with Gasteiger partial charge in [-0.15, -0.1) is 11.8 Å². The number of carboxylic acid groups (broad SMARTS) is 1. The van der Waals surface area contributed by atoms with E-state index in [4.69, 9.17) is 4.74 Å². The number of carbonyl (C=O) groups is 1. The van der Waals surface area contributed by atoms with Gasteiger partial charge >= 0.3 is 12.1 Å². The number of aliphatic carboxylic acids is 1. The van der Waals surface area contributed by atoms with Crippen LogP contribution >= 0.6 is 11.8 Å². The van der Waals surface area contributed by atoms with Crippen LogP contribution in [0, 0.1) is 5.92 Å². The number of thioether (sulfide) groups is 1. The average molecular weight is 505 g/mol. The summed E-state index contributed by atoms with van der Waals surface area (Å²) in [7, 11) is -2.81. The lowest BCUT2D eigenvalue weighted by molar-refractivity contribution is -0.155. The lowest BCUT2D eigenvalue weighted by atomic mass is 10.1. The molecule has 1 saturated carbocycles. The predicted octanol–water partition coefficient (Wildman–Crippen LogP) is 3.30. The standard InChI is InChI=1S/C20H19F3N2O6S2/c1-30-10-12-17(11-5-3-2-4-6-11)19(12,18(26)27)25-33(28,29)16-8-7-14(32-16)13-9-15(31-24-13)20(21,22)23/h2-7,9,12,16-17,25H,8,10H2,1H3,(H,26,27). The Morgan fingerprint density at radius 2 is 2.06 bits per heavy atom. The van der Waals surface area contributed by atoms with Crippen molar-refractivity contribution in [3.05, 3.63) is 59.5 Å². The summed E-state index contributed by atoms with van der Waals surface area (Å²) in [5.41, 5.74) is -1.27. The second-order valence-corrected chi connectivity index (χ2v) is 11.1. The maximum absolute atomic E-state index is 13.2. The molecule has 33 heavy (non-hydrogen) atoms. The SMILES string of the molecule is COCC1C(c2ccccc2)C1(NS(=O)(=O)C1CC=C(c2cc(C(F)(F)F)on2)S1)C(=O)O. The fraction of sp³-hybridized carbons (Fsp3) is 0.400. The molecule has 0 spiro atoms. The zero-order valence-corrected chi connectivity index (χ0v) is 18.7. The van der Waals surface area contributed by atoms with Crippen molar-refractivity contribution in [2.24, 2.45) is 5.92 Å². The van der Waals surface area contributed by atoms with Gasteiger partial charge in [-0.2, -0.15) is 17.9 Å². The lowest BCUT2D eigenvalue weighted by Crippen LogP contribution is -2.48. The van der Waals surface area contributed by atoms with Crippen LogP contribution < -0.4 is 4.72 Å². The number of benzene rings is 1. The molecule has 2 aliphatic rings. The number of aromatic nitrogens is 1. The molecule has 4 rings (SSSR count). The Balaban J connectivity index is 1.55. The smallest absolute Gasteiger partial charge is 0.452 e. The van der Waals surface area contributed by atoms with E-state index in [1.54, 1.807) is 30.3 Å². The van der Waals surface area contributed by atoms with E-state index in [-0.39, 0.29) is 23.6 Å². The minimum atomic E-state index is -4.72. The number of allylic oxidation sites excluding steroid dienone is 1. The van der Waals surface area contributed by atoms with Crippen molar-refractivity contribution in [1.82, 2.24) is 9.88 Å². The number of rotatable bonds is 8. The van der Waals surface area contributed by atoms with Crippen molar-refractivity contribution in [3.63, 3.8) is 0 Å². The molecular formula is C20H19F3N2O6S2. The van der Waals surface area contributed by atoms with Gasteiger partial charge in [-0.1, -0.05) is 41.6 Å². The van der Waals surface area contributed by atoms with E-state index in [0.29, 0.717) is 11.6 Å². The Kier molecular flexibility index (Phi) is 6.10. The van der Waals surface area contributed by atoms with Crippen molar-refractivity contribution >= 4 is 32.7 Å². The van der Waals surface area contributed by atoms with Gasteiger partial charge in [0.05, 0.1) is 6.61 Å². The number of hydrogen-bond acceptors (Lipinski definition) is 7. The van der Waals surface area contributed by atoms with Gasteiger partial charge in [0.25, 0.3) is 0 Å². The molecule has 0 bridgehead atoms. The largest absolute Gasteiger partial charge is 0.480 e. The topological polar surface area (TPSA) is 119 Å². The summed E-state index contributed by atoms with van der Waals surface area (Å²) in [6, 6.07) is 9.36. The van der Waals surface area contributed by atoms with Gasteiger partial charge in [0.2, 0.25) is 15.8 Å². The number of nitrogens with one attached hydrogen (secondary N) is 1. The number of ether oxygens (including phenoxy) is 1. The quantitative estimate of drug-likeness (QED) is 0.562. The summed E-state index contributed by atoms with van der Waals surface area (Å²) in [6.45, 7) is 0.0227. The Bertz CT molecular complexity index is 1180. The molecule has 1 fully saturated rings. The van der Waals surface area contributed by atoms with Crippen LogP contribution in [0.5, 0.6) is 0 Å². The second kappa shape index (κ2) is 8.46. The number of methoxy groups -OCH3 is 1. The number of nitrogens with zero attached hydrogens (tertiary/aromatic N) is 1. The van der Waals surface area contributed by atoms with Crippen molar-refractivity contribution in [1.29, 1.82) is 0 Å². The van der Waals surface area contributed by atoms with Gasteiger partial charge in [-0.05, 0) is 12.0 Å². The fourth-order valence-electron chi connectivity index (χ4n) is 4.12. The van der Waals surface area contributed by atoms with Crippen LogP contribution in [0.15, 0.2) is 47.0 Å². The number of hydrogen-bond donors (Lipinski definition) is 2. The highest BCUT2D eigenvalue weighted by molar-refractivity contribution is 8.18. The van der Waals surface area contributed by atoms with Crippen LogP contribution in [0.3, 0.4) is 0 Å². The maximum Gasteiger partial charge on any atom is 0.452 e. The van der Waals surface area contributed by atoms with Crippen LogP contribution in [0.25, 0.3) is 4.91 Å². The number of halogens is 3. The molecule has 4 unspecified atom stereocenters. The zero-order valence-electron chi connectivity index (χ0n) is 17.1. The van der Waals surface area contributed by atoms with Crippen LogP contribution in [-0.2, 0) is 25.7 Å². The third-order valence-corrected chi connectivity index (χ3v) is 9.32. The van der Waals surface area contributed by atoms with Crippen molar-refractivity contribution in [2.75, 3.05) is 13.7 Å². The van der Waals surface area contributed by atoms with Crippen molar-refractivity contribution < 1.29 is 40.8 Å². The van der Waals surface area contributed by atoms with E-state index in [2.05, 4.69) is 14.4 Å². The van der Waals surface area contributed by atoms with Crippen LogP contribution in [-0.4, -0.2) is 48.5 Å². The summed E-state index contributed by atoms with van der Waals surface area (Å²) in [4.78, 5) is 12.5. The van der Waals surface area contributed by atoms with E-state index >= 15 is 0 Å². The fourth-order valence-corrected chi connectivity index (χ4v) is 7.28.